The number of nitrogens with zero attached hydrogens (tertiary/aromatic N) is 4. The minimum atomic E-state index is -3.67. The molecule has 2 aliphatic heterocycles. The van der Waals surface area contributed by atoms with Gasteiger partial charge in [-0.2, -0.15) is 4.31 Å². The molecule has 1 fully saturated rings. The first kappa shape index (κ1) is 22.5. The number of benzene rings is 1. The Morgan fingerprint density at radius 1 is 1.00 bits per heavy atom. The largest absolute Gasteiger partial charge is 0.497 e. The lowest BCUT2D eigenvalue weighted by Crippen LogP contribution is -2.48. The van der Waals surface area contributed by atoms with E-state index in [-0.39, 0.29) is 22.0 Å². The molecule has 0 atom stereocenters. The Morgan fingerprint density at radius 3 is 2.53 bits per heavy atom. The molecule has 1 aromatic carbocycles. The van der Waals surface area contributed by atoms with Crippen LogP contribution in [-0.2, 0) is 16.6 Å². The first-order valence-electron chi connectivity index (χ1n) is 10.7. The third-order valence-electron chi connectivity index (χ3n) is 5.93. The van der Waals surface area contributed by atoms with Crippen molar-refractivity contribution >= 4 is 38.9 Å². The Hall–Kier alpha value is -3.28. The molecule has 2 aliphatic rings. The minimum Gasteiger partial charge on any atom is -0.497 e. The van der Waals surface area contributed by atoms with Crippen molar-refractivity contribution in [1.29, 1.82) is 0 Å². The van der Waals surface area contributed by atoms with E-state index in [1.807, 2.05) is 24.3 Å². The molecular formula is C23H22N4O5S2. The summed E-state index contributed by atoms with van der Waals surface area (Å²) in [6.45, 7) is 1.85. The average Bonchev–Trinajstić information content (AvgIpc) is 3.44. The van der Waals surface area contributed by atoms with Gasteiger partial charge < -0.3 is 9.64 Å². The summed E-state index contributed by atoms with van der Waals surface area (Å²) in [5.41, 5.74) is 1.39. The minimum absolute atomic E-state index is 0.0117. The molecule has 5 rings (SSSR count). The summed E-state index contributed by atoms with van der Waals surface area (Å²) in [5, 5.41) is 0. The monoisotopic (exact) mass is 498 g/mol. The second-order valence-corrected chi connectivity index (χ2v) is 11.2. The number of anilines is 1. The Kier molecular flexibility index (Phi) is 5.84. The van der Waals surface area contributed by atoms with Crippen LogP contribution in [0.15, 0.2) is 58.9 Å². The summed E-state index contributed by atoms with van der Waals surface area (Å²) in [5.74, 6) is -0.126. The number of hydrogen-bond donors (Lipinski definition) is 0. The van der Waals surface area contributed by atoms with Crippen molar-refractivity contribution in [1.82, 2.24) is 14.2 Å². The number of carbonyl (C=O) groups excluding carboxylic acids is 2. The molecule has 2 amide bonds. The molecule has 0 bridgehead atoms. The predicted octanol–water partition coefficient (Wildman–Crippen LogP) is 2.46. The molecule has 2 aromatic heterocycles. The summed E-state index contributed by atoms with van der Waals surface area (Å²) in [6.07, 6.45) is 1.47. The van der Waals surface area contributed by atoms with Crippen LogP contribution in [0.5, 0.6) is 5.75 Å². The number of imide groups is 1. The number of fused-ring (bicyclic) bond motifs is 1. The molecule has 9 nitrogen and oxygen atoms in total. The maximum Gasteiger partial charge on any atom is 0.280 e. The normalized spacial score (nSPS) is 16.7. The van der Waals surface area contributed by atoms with Gasteiger partial charge in [-0.1, -0.05) is 6.07 Å². The van der Waals surface area contributed by atoms with Gasteiger partial charge in [0.1, 0.15) is 15.7 Å². The van der Waals surface area contributed by atoms with E-state index in [1.54, 1.807) is 31.4 Å². The Morgan fingerprint density at radius 2 is 1.79 bits per heavy atom. The van der Waals surface area contributed by atoms with Crippen molar-refractivity contribution in [3.63, 3.8) is 0 Å². The quantitative estimate of drug-likeness (QED) is 0.481. The number of pyridine rings is 1. The van der Waals surface area contributed by atoms with E-state index >= 15 is 0 Å². The molecule has 0 unspecified atom stereocenters. The number of sulfonamides is 1. The molecule has 0 spiro atoms. The van der Waals surface area contributed by atoms with Crippen LogP contribution in [0, 0.1) is 0 Å². The van der Waals surface area contributed by atoms with Crippen LogP contribution in [0.1, 0.15) is 25.7 Å². The molecule has 0 aliphatic carbocycles. The second kappa shape index (κ2) is 8.82. The summed E-state index contributed by atoms with van der Waals surface area (Å²) in [6, 6.07) is 14.1. The van der Waals surface area contributed by atoms with Crippen LogP contribution < -0.4 is 9.64 Å². The molecule has 11 heteroatoms. The van der Waals surface area contributed by atoms with Crippen molar-refractivity contribution in [2.75, 3.05) is 38.2 Å². The molecule has 4 heterocycles. The molecule has 3 aromatic rings. The lowest BCUT2D eigenvalue weighted by Gasteiger charge is -2.35. The number of rotatable bonds is 6. The van der Waals surface area contributed by atoms with E-state index in [4.69, 9.17) is 4.74 Å². The van der Waals surface area contributed by atoms with Gasteiger partial charge in [0.15, 0.2) is 0 Å². The van der Waals surface area contributed by atoms with Crippen molar-refractivity contribution in [2.45, 2.75) is 10.8 Å². The van der Waals surface area contributed by atoms with Crippen molar-refractivity contribution in [3.05, 3.63) is 70.9 Å². The molecule has 34 heavy (non-hydrogen) atoms. The molecule has 1 saturated heterocycles. The first-order valence-corrected chi connectivity index (χ1v) is 12.9. The van der Waals surface area contributed by atoms with E-state index in [9.17, 15) is 18.0 Å². The van der Waals surface area contributed by atoms with E-state index in [1.165, 1.54) is 10.5 Å². The summed E-state index contributed by atoms with van der Waals surface area (Å²) in [7, 11) is -2.06. The highest BCUT2D eigenvalue weighted by Crippen LogP contribution is 2.30. The zero-order valence-corrected chi connectivity index (χ0v) is 20.0. The Balaban J connectivity index is 1.26. The van der Waals surface area contributed by atoms with Gasteiger partial charge in [-0.3, -0.25) is 19.5 Å². The zero-order chi connectivity index (χ0) is 23.9. The molecular weight excluding hydrogens is 476 g/mol. The molecule has 0 saturated carbocycles. The number of amides is 2. The Bertz CT molecular complexity index is 1330. The number of methoxy groups -OCH3 is 1. The van der Waals surface area contributed by atoms with Gasteiger partial charge in [-0.05, 0) is 36.4 Å². The number of ether oxygens (including phenoxy) is 1. The fraction of sp³-hybridized carbons (Fsp3) is 0.261. The Labute approximate surface area is 201 Å². The lowest BCUT2D eigenvalue weighted by atomic mass is 10.2. The molecule has 0 radical (unpaired) electrons. The molecule has 176 valence electrons. The maximum absolute atomic E-state index is 13.2. The van der Waals surface area contributed by atoms with Crippen LogP contribution in [-0.4, -0.2) is 67.7 Å². The maximum atomic E-state index is 13.2. The van der Waals surface area contributed by atoms with Crippen molar-refractivity contribution in [2.24, 2.45) is 0 Å². The number of carbonyl (C=O) groups is 2. The molecule has 0 N–H and O–H groups in total. The summed E-state index contributed by atoms with van der Waals surface area (Å²) < 4.78 is 33.4. The van der Waals surface area contributed by atoms with Gasteiger partial charge >= 0.3 is 0 Å². The van der Waals surface area contributed by atoms with Gasteiger partial charge in [-0.15, -0.1) is 11.3 Å². The topological polar surface area (TPSA) is 100 Å². The van der Waals surface area contributed by atoms with Crippen LogP contribution >= 0.6 is 11.3 Å². The predicted molar refractivity (Wildman–Crippen MR) is 127 cm³/mol. The van der Waals surface area contributed by atoms with Gasteiger partial charge in [0.25, 0.3) is 21.8 Å². The highest BCUT2D eigenvalue weighted by molar-refractivity contribution is 7.91. The second-order valence-electron chi connectivity index (χ2n) is 7.91. The van der Waals surface area contributed by atoms with Gasteiger partial charge in [0.05, 0.1) is 19.2 Å². The van der Waals surface area contributed by atoms with Crippen LogP contribution in [0.2, 0.25) is 0 Å². The number of thiophene rings is 1. The van der Waals surface area contributed by atoms with Gasteiger partial charge in [0.2, 0.25) is 0 Å². The lowest BCUT2D eigenvalue weighted by molar-refractivity contribution is 0.0642. The third-order valence-corrected chi connectivity index (χ3v) is 9.37. The van der Waals surface area contributed by atoms with Gasteiger partial charge in [-0.25, -0.2) is 8.42 Å². The standard InChI is InChI=1S/C23H22N4O5S2/c1-32-17-5-2-4-16(14-17)25-10-12-26(13-11-25)34(30,31)20-8-7-18(33-20)15-27-22(28)19-6-3-9-24-21(19)23(27)29/h2-9,14H,10-13,15H2,1H3. The van der Waals surface area contributed by atoms with Crippen LogP contribution in [0.3, 0.4) is 0 Å². The fourth-order valence-corrected chi connectivity index (χ4v) is 7.04. The van der Waals surface area contributed by atoms with Crippen LogP contribution in [0.25, 0.3) is 0 Å². The van der Waals surface area contributed by atoms with E-state index in [2.05, 4.69) is 9.88 Å². The van der Waals surface area contributed by atoms with E-state index in [0.29, 0.717) is 31.1 Å². The SMILES string of the molecule is COc1cccc(N2CCN(S(=O)(=O)c3ccc(CN4C(=O)c5cccnc5C4=O)s3)CC2)c1. The van der Waals surface area contributed by atoms with Crippen molar-refractivity contribution in [3.8, 4) is 5.75 Å². The number of hydrogen-bond acceptors (Lipinski definition) is 8. The summed E-state index contributed by atoms with van der Waals surface area (Å²) in [4.78, 5) is 33.0. The van der Waals surface area contributed by atoms with Crippen molar-refractivity contribution < 1.29 is 22.7 Å². The van der Waals surface area contributed by atoms with Gasteiger partial charge in [0, 0.05) is 49.0 Å². The fourth-order valence-electron chi connectivity index (χ4n) is 4.12. The first-order chi connectivity index (χ1) is 16.4. The zero-order valence-electron chi connectivity index (χ0n) is 18.4. The highest BCUT2D eigenvalue weighted by atomic mass is 32.2. The van der Waals surface area contributed by atoms with E-state index < -0.39 is 21.8 Å². The number of aromatic nitrogens is 1. The summed E-state index contributed by atoms with van der Waals surface area (Å²) >= 11 is 1.08. The average molecular weight is 499 g/mol. The van der Waals surface area contributed by atoms with Crippen LogP contribution in [0.4, 0.5) is 5.69 Å². The van der Waals surface area contributed by atoms with E-state index in [0.717, 1.165) is 27.7 Å². The smallest absolute Gasteiger partial charge is 0.280 e. The number of piperazine rings is 1. The highest BCUT2D eigenvalue weighted by Gasteiger charge is 2.37. The third kappa shape index (κ3) is 3.95.